The minimum atomic E-state index is -3.61. The van der Waals surface area contributed by atoms with Gasteiger partial charge in [0, 0.05) is 24.2 Å². The number of hydrogen-bond acceptors (Lipinski definition) is 4. The van der Waals surface area contributed by atoms with Gasteiger partial charge in [-0.2, -0.15) is 0 Å². The summed E-state index contributed by atoms with van der Waals surface area (Å²) in [6, 6.07) is 5.67. The van der Waals surface area contributed by atoms with Crippen molar-refractivity contribution >= 4 is 31.6 Å². The van der Waals surface area contributed by atoms with Crippen molar-refractivity contribution in [1.82, 2.24) is 9.03 Å². The molecule has 0 atom stereocenters. The lowest BCUT2D eigenvalue weighted by molar-refractivity contribution is 0.309. The van der Waals surface area contributed by atoms with Crippen molar-refractivity contribution in [3.63, 3.8) is 0 Å². The van der Waals surface area contributed by atoms with Crippen LogP contribution in [0.4, 0.5) is 0 Å². The van der Waals surface area contributed by atoms with Crippen molar-refractivity contribution in [2.45, 2.75) is 30.7 Å². The first-order valence-electron chi connectivity index (χ1n) is 7.00. The molecule has 1 heterocycles. The Morgan fingerprint density at radius 3 is 2.18 bits per heavy atom. The van der Waals surface area contributed by atoms with Gasteiger partial charge in [-0.15, -0.1) is 0 Å². The quantitative estimate of drug-likeness (QED) is 0.854. The third kappa shape index (κ3) is 4.20. The van der Waals surface area contributed by atoms with Gasteiger partial charge in [0.2, 0.25) is 20.0 Å². The van der Waals surface area contributed by atoms with E-state index < -0.39 is 20.0 Å². The third-order valence-electron chi connectivity index (χ3n) is 3.66. The van der Waals surface area contributed by atoms with Crippen LogP contribution in [0.1, 0.15) is 19.8 Å². The maximum atomic E-state index is 12.3. The van der Waals surface area contributed by atoms with Crippen LogP contribution in [0, 0.1) is 0 Å². The molecule has 0 spiro atoms. The topological polar surface area (TPSA) is 83.6 Å². The monoisotopic (exact) mass is 366 g/mol. The second-order valence-corrected chi connectivity index (χ2v) is 9.56. The van der Waals surface area contributed by atoms with E-state index >= 15 is 0 Å². The molecule has 0 unspecified atom stereocenters. The Kier molecular flexibility index (Phi) is 5.50. The fourth-order valence-corrected chi connectivity index (χ4v) is 4.90. The summed E-state index contributed by atoms with van der Waals surface area (Å²) in [6.07, 6.45) is 0.929. The predicted octanol–water partition coefficient (Wildman–Crippen LogP) is 1.43. The van der Waals surface area contributed by atoms with Gasteiger partial charge in [0.25, 0.3) is 0 Å². The van der Waals surface area contributed by atoms with Crippen LogP contribution in [0.3, 0.4) is 0 Å². The Hall–Kier alpha value is -0.670. The van der Waals surface area contributed by atoms with E-state index in [0.29, 0.717) is 31.0 Å². The highest BCUT2D eigenvalue weighted by Crippen LogP contribution is 2.18. The molecule has 0 aliphatic carbocycles. The Balaban J connectivity index is 2.00. The van der Waals surface area contributed by atoms with Gasteiger partial charge in [0.05, 0.1) is 10.6 Å². The average Bonchev–Trinajstić information content (AvgIpc) is 2.48. The van der Waals surface area contributed by atoms with Crippen molar-refractivity contribution in [2.24, 2.45) is 0 Å². The lowest BCUT2D eigenvalue weighted by Crippen LogP contribution is -2.46. The molecule has 2 rings (SSSR count). The molecule has 0 radical (unpaired) electrons. The molecule has 1 aromatic carbocycles. The maximum absolute atomic E-state index is 12.3. The number of nitrogens with one attached hydrogen (secondary N) is 1. The first kappa shape index (κ1) is 17.7. The van der Waals surface area contributed by atoms with E-state index in [2.05, 4.69) is 4.72 Å². The summed E-state index contributed by atoms with van der Waals surface area (Å²) < 4.78 is 52.1. The highest BCUT2D eigenvalue weighted by Gasteiger charge is 2.29. The summed E-state index contributed by atoms with van der Waals surface area (Å²) in [5.41, 5.74) is 0. The summed E-state index contributed by atoms with van der Waals surface area (Å²) in [5, 5.41) is 0.469. The second kappa shape index (κ2) is 6.84. The van der Waals surface area contributed by atoms with E-state index in [1.165, 1.54) is 28.6 Å². The van der Waals surface area contributed by atoms with E-state index in [9.17, 15) is 16.8 Å². The summed E-state index contributed by atoms with van der Waals surface area (Å²) >= 11 is 5.75. The van der Waals surface area contributed by atoms with Crippen molar-refractivity contribution in [3.05, 3.63) is 29.3 Å². The fourth-order valence-electron chi connectivity index (χ4n) is 2.34. The predicted molar refractivity (Wildman–Crippen MR) is 85.8 cm³/mol. The van der Waals surface area contributed by atoms with Crippen LogP contribution >= 0.6 is 11.6 Å². The van der Waals surface area contributed by atoms with Crippen LogP contribution in [0.2, 0.25) is 5.02 Å². The lowest BCUT2D eigenvalue weighted by atomic mass is 10.1. The number of sulfonamides is 2. The number of piperidine rings is 1. The van der Waals surface area contributed by atoms with Crippen molar-refractivity contribution in [2.75, 3.05) is 18.8 Å². The van der Waals surface area contributed by atoms with E-state index in [4.69, 9.17) is 11.6 Å². The normalized spacial score (nSPS) is 18.5. The van der Waals surface area contributed by atoms with E-state index in [-0.39, 0.29) is 16.7 Å². The first-order chi connectivity index (χ1) is 10.2. The molecule has 1 fully saturated rings. The lowest BCUT2D eigenvalue weighted by Gasteiger charge is -2.31. The Morgan fingerprint density at radius 1 is 1.14 bits per heavy atom. The number of rotatable bonds is 5. The minimum Gasteiger partial charge on any atom is -0.212 e. The molecule has 124 valence electrons. The number of benzene rings is 1. The zero-order valence-corrected chi connectivity index (χ0v) is 14.6. The molecule has 1 aromatic rings. The zero-order chi connectivity index (χ0) is 16.4. The summed E-state index contributed by atoms with van der Waals surface area (Å²) in [7, 11) is -6.82. The smallest absolute Gasteiger partial charge is 0.212 e. The second-order valence-electron chi connectivity index (χ2n) is 5.15. The molecular weight excluding hydrogens is 348 g/mol. The van der Waals surface area contributed by atoms with Crippen molar-refractivity contribution < 1.29 is 16.8 Å². The molecule has 9 heteroatoms. The van der Waals surface area contributed by atoms with Gasteiger partial charge in [-0.1, -0.05) is 11.6 Å². The van der Waals surface area contributed by atoms with Gasteiger partial charge in [-0.05, 0) is 44.0 Å². The third-order valence-corrected chi connectivity index (χ3v) is 7.33. The van der Waals surface area contributed by atoms with Gasteiger partial charge < -0.3 is 0 Å². The van der Waals surface area contributed by atoms with E-state index in [0.717, 1.165) is 0 Å². The fraction of sp³-hybridized carbons (Fsp3) is 0.538. The first-order valence-corrected chi connectivity index (χ1v) is 10.5. The molecule has 6 nitrogen and oxygen atoms in total. The van der Waals surface area contributed by atoms with Gasteiger partial charge >= 0.3 is 0 Å². The molecule has 0 amide bonds. The standard InChI is InChI=1S/C13H19ClN2O4S2/c1-2-21(17,18)16-9-7-12(8-10-16)15-22(19,20)13-5-3-11(14)4-6-13/h3-6,12,15H,2,7-10H2,1H3. The SMILES string of the molecule is CCS(=O)(=O)N1CCC(NS(=O)(=O)c2ccc(Cl)cc2)CC1. The molecule has 1 aliphatic rings. The van der Waals surface area contributed by atoms with Crippen molar-refractivity contribution in [3.8, 4) is 0 Å². The molecule has 0 bridgehead atoms. The summed E-state index contributed by atoms with van der Waals surface area (Å²) in [6.45, 7) is 2.28. The molecule has 1 saturated heterocycles. The average molecular weight is 367 g/mol. The Labute approximate surface area is 136 Å². The maximum Gasteiger partial charge on any atom is 0.240 e. The van der Waals surface area contributed by atoms with Crippen molar-refractivity contribution in [1.29, 1.82) is 0 Å². The summed E-state index contributed by atoms with van der Waals surface area (Å²) in [5.74, 6) is 0.0637. The van der Waals surface area contributed by atoms with Crippen LogP contribution in [-0.4, -0.2) is 46.0 Å². The van der Waals surface area contributed by atoms with Crippen LogP contribution in [0.25, 0.3) is 0 Å². The van der Waals surface area contributed by atoms with E-state index in [1.54, 1.807) is 6.92 Å². The van der Waals surface area contributed by atoms with E-state index in [1.807, 2.05) is 0 Å². The van der Waals surface area contributed by atoms with Gasteiger partial charge in [-0.3, -0.25) is 0 Å². The van der Waals surface area contributed by atoms with Gasteiger partial charge in [-0.25, -0.2) is 25.9 Å². The number of hydrogen-bond donors (Lipinski definition) is 1. The number of halogens is 1. The highest BCUT2D eigenvalue weighted by atomic mass is 35.5. The summed E-state index contributed by atoms with van der Waals surface area (Å²) in [4.78, 5) is 0.153. The van der Waals surface area contributed by atoms with Gasteiger partial charge in [0.15, 0.2) is 0 Å². The Bertz CT molecular complexity index is 709. The largest absolute Gasteiger partial charge is 0.240 e. The zero-order valence-electron chi connectivity index (χ0n) is 12.2. The van der Waals surface area contributed by atoms with Crippen LogP contribution < -0.4 is 4.72 Å². The molecule has 0 saturated carbocycles. The molecule has 0 aromatic heterocycles. The molecule has 22 heavy (non-hydrogen) atoms. The minimum absolute atomic E-state index is 0.0637. The Morgan fingerprint density at radius 2 is 1.68 bits per heavy atom. The molecule has 1 N–H and O–H groups in total. The highest BCUT2D eigenvalue weighted by molar-refractivity contribution is 7.89. The van der Waals surface area contributed by atoms with Crippen LogP contribution in [0.15, 0.2) is 29.2 Å². The number of nitrogens with zero attached hydrogens (tertiary/aromatic N) is 1. The van der Waals surface area contributed by atoms with Crippen LogP contribution in [0.5, 0.6) is 0 Å². The molecule has 1 aliphatic heterocycles. The van der Waals surface area contributed by atoms with Gasteiger partial charge in [0.1, 0.15) is 0 Å². The van der Waals surface area contributed by atoms with Crippen LogP contribution in [-0.2, 0) is 20.0 Å². The molecular formula is C13H19ClN2O4S2.